The number of unbranched alkanes of at least 4 members (excludes halogenated alkanes) is 1. The quantitative estimate of drug-likeness (QED) is 0.683. The van der Waals surface area contributed by atoms with Crippen LogP contribution in [0.25, 0.3) is 10.9 Å². The first kappa shape index (κ1) is 12.8. The standard InChI is InChI=1S/C18H25N/c1-2-8-15(9-3-1)10-4-5-11-16-14-19-18-13-7-6-12-17(16)18/h6-7,12-15,19H,1-5,8-11H2. The maximum Gasteiger partial charge on any atom is 0.0456 e. The molecule has 2 aromatic rings. The minimum atomic E-state index is 1.04. The summed E-state index contributed by atoms with van der Waals surface area (Å²) >= 11 is 0. The third-order valence-electron chi connectivity index (χ3n) is 4.71. The number of rotatable bonds is 5. The molecule has 0 atom stereocenters. The molecule has 1 saturated carbocycles. The highest BCUT2D eigenvalue weighted by molar-refractivity contribution is 5.82. The zero-order valence-electron chi connectivity index (χ0n) is 11.8. The molecule has 1 heterocycles. The lowest BCUT2D eigenvalue weighted by molar-refractivity contribution is 0.330. The zero-order valence-corrected chi connectivity index (χ0v) is 11.8. The molecule has 3 rings (SSSR count). The van der Waals surface area contributed by atoms with Gasteiger partial charge < -0.3 is 4.98 Å². The lowest BCUT2D eigenvalue weighted by atomic mass is 9.85. The van der Waals surface area contributed by atoms with E-state index in [9.17, 15) is 0 Å². The number of H-pyrrole nitrogens is 1. The predicted octanol–water partition coefficient (Wildman–Crippen LogP) is 5.46. The van der Waals surface area contributed by atoms with Crippen LogP contribution in [0.3, 0.4) is 0 Å². The highest BCUT2D eigenvalue weighted by Crippen LogP contribution is 2.28. The second-order valence-corrected chi connectivity index (χ2v) is 6.11. The molecule has 19 heavy (non-hydrogen) atoms. The number of aryl methyl sites for hydroxylation is 1. The molecule has 0 radical (unpaired) electrons. The summed E-state index contributed by atoms with van der Waals surface area (Å²) in [6.45, 7) is 0. The SMILES string of the molecule is c1ccc2c(CCCCC3CCCCC3)c[nH]c2c1. The Balaban J connectivity index is 1.47. The Bertz CT molecular complexity index is 505. The average Bonchev–Trinajstić information content (AvgIpc) is 2.88. The van der Waals surface area contributed by atoms with Crippen LogP contribution in [0.5, 0.6) is 0 Å². The Kier molecular flexibility index (Phi) is 4.22. The van der Waals surface area contributed by atoms with E-state index < -0.39 is 0 Å². The molecule has 1 aliphatic carbocycles. The van der Waals surface area contributed by atoms with E-state index in [0.717, 1.165) is 5.92 Å². The van der Waals surface area contributed by atoms with Crippen molar-refractivity contribution in [1.82, 2.24) is 4.98 Å². The molecule has 1 N–H and O–H groups in total. The van der Waals surface area contributed by atoms with Gasteiger partial charge in [-0.25, -0.2) is 0 Å². The largest absolute Gasteiger partial charge is 0.361 e. The summed E-state index contributed by atoms with van der Waals surface area (Å²) in [6.07, 6.45) is 15.1. The fourth-order valence-electron chi connectivity index (χ4n) is 3.56. The van der Waals surface area contributed by atoms with E-state index in [2.05, 4.69) is 35.4 Å². The summed E-state index contributed by atoms with van der Waals surface area (Å²) in [6, 6.07) is 8.65. The summed E-state index contributed by atoms with van der Waals surface area (Å²) < 4.78 is 0. The van der Waals surface area contributed by atoms with Crippen molar-refractivity contribution in [2.75, 3.05) is 0 Å². The number of hydrogen-bond donors (Lipinski definition) is 1. The van der Waals surface area contributed by atoms with Gasteiger partial charge in [0, 0.05) is 17.1 Å². The zero-order chi connectivity index (χ0) is 12.9. The van der Waals surface area contributed by atoms with Gasteiger partial charge in [-0.1, -0.05) is 63.1 Å². The van der Waals surface area contributed by atoms with E-state index in [0.29, 0.717) is 0 Å². The second kappa shape index (κ2) is 6.27. The number of aromatic amines is 1. The highest BCUT2D eigenvalue weighted by Gasteiger charge is 2.12. The van der Waals surface area contributed by atoms with Gasteiger partial charge >= 0.3 is 0 Å². The summed E-state index contributed by atoms with van der Waals surface area (Å²) in [7, 11) is 0. The Hall–Kier alpha value is -1.24. The third kappa shape index (κ3) is 3.20. The molecule has 0 unspecified atom stereocenters. The molecule has 0 saturated heterocycles. The van der Waals surface area contributed by atoms with Gasteiger partial charge in [-0.3, -0.25) is 0 Å². The van der Waals surface area contributed by atoms with Crippen LogP contribution in [0.2, 0.25) is 0 Å². The number of aromatic nitrogens is 1. The fourth-order valence-corrected chi connectivity index (χ4v) is 3.56. The maximum absolute atomic E-state index is 3.38. The monoisotopic (exact) mass is 255 g/mol. The molecule has 0 amide bonds. The van der Waals surface area contributed by atoms with E-state index >= 15 is 0 Å². The van der Waals surface area contributed by atoms with Gasteiger partial charge in [-0.2, -0.15) is 0 Å². The van der Waals surface area contributed by atoms with Crippen molar-refractivity contribution >= 4 is 10.9 Å². The Morgan fingerprint density at radius 3 is 2.74 bits per heavy atom. The van der Waals surface area contributed by atoms with Crippen LogP contribution in [0.15, 0.2) is 30.5 Å². The molecule has 0 bridgehead atoms. The van der Waals surface area contributed by atoms with E-state index in [1.54, 1.807) is 0 Å². The fraction of sp³-hybridized carbons (Fsp3) is 0.556. The molecule has 1 aromatic carbocycles. The molecule has 1 nitrogen and oxygen atoms in total. The highest BCUT2D eigenvalue weighted by atomic mass is 14.7. The first-order valence-electron chi connectivity index (χ1n) is 7.98. The van der Waals surface area contributed by atoms with Crippen molar-refractivity contribution < 1.29 is 0 Å². The molecular weight excluding hydrogens is 230 g/mol. The minimum absolute atomic E-state index is 1.04. The number of para-hydroxylation sites is 1. The van der Waals surface area contributed by atoms with Crippen molar-refractivity contribution in [2.24, 2.45) is 5.92 Å². The van der Waals surface area contributed by atoms with Gasteiger partial charge in [0.25, 0.3) is 0 Å². The molecule has 1 aliphatic rings. The second-order valence-electron chi connectivity index (χ2n) is 6.11. The number of nitrogens with one attached hydrogen (secondary N) is 1. The Morgan fingerprint density at radius 2 is 1.84 bits per heavy atom. The van der Waals surface area contributed by atoms with Crippen LogP contribution in [0, 0.1) is 5.92 Å². The van der Waals surface area contributed by atoms with Crippen molar-refractivity contribution in [3.63, 3.8) is 0 Å². The molecule has 1 fully saturated rings. The van der Waals surface area contributed by atoms with Crippen molar-refractivity contribution in [3.05, 3.63) is 36.0 Å². The van der Waals surface area contributed by atoms with Crippen molar-refractivity contribution in [3.8, 4) is 0 Å². The van der Waals surface area contributed by atoms with Crippen LogP contribution in [0.4, 0.5) is 0 Å². The molecule has 1 heteroatoms. The van der Waals surface area contributed by atoms with Gasteiger partial charge in [0.05, 0.1) is 0 Å². The van der Waals surface area contributed by atoms with Gasteiger partial charge in [0.1, 0.15) is 0 Å². The van der Waals surface area contributed by atoms with Crippen LogP contribution in [-0.4, -0.2) is 4.98 Å². The Labute approximate surface area is 116 Å². The lowest BCUT2D eigenvalue weighted by Crippen LogP contribution is -2.05. The van der Waals surface area contributed by atoms with Gasteiger partial charge in [-0.15, -0.1) is 0 Å². The summed E-state index contributed by atoms with van der Waals surface area (Å²) in [5.74, 6) is 1.04. The lowest BCUT2D eigenvalue weighted by Gasteiger charge is -2.21. The van der Waals surface area contributed by atoms with Crippen LogP contribution < -0.4 is 0 Å². The first-order chi connectivity index (χ1) is 9.43. The van der Waals surface area contributed by atoms with Crippen LogP contribution >= 0.6 is 0 Å². The van der Waals surface area contributed by atoms with Gasteiger partial charge in [-0.05, 0) is 30.4 Å². The van der Waals surface area contributed by atoms with E-state index in [1.807, 2.05) is 0 Å². The van der Waals surface area contributed by atoms with Crippen molar-refractivity contribution in [2.45, 2.75) is 57.8 Å². The molecule has 0 aliphatic heterocycles. The average molecular weight is 255 g/mol. The minimum Gasteiger partial charge on any atom is -0.361 e. The van der Waals surface area contributed by atoms with E-state index in [4.69, 9.17) is 0 Å². The Morgan fingerprint density at radius 1 is 1.00 bits per heavy atom. The molecular formula is C18H25N. The topological polar surface area (TPSA) is 15.8 Å². The third-order valence-corrected chi connectivity index (χ3v) is 4.71. The maximum atomic E-state index is 3.38. The van der Waals surface area contributed by atoms with Gasteiger partial charge in [0.2, 0.25) is 0 Å². The molecule has 0 spiro atoms. The summed E-state index contributed by atoms with van der Waals surface area (Å²) in [4.78, 5) is 3.38. The van der Waals surface area contributed by atoms with E-state index in [1.165, 1.54) is 74.3 Å². The van der Waals surface area contributed by atoms with Crippen LogP contribution in [-0.2, 0) is 6.42 Å². The normalized spacial score (nSPS) is 17.1. The van der Waals surface area contributed by atoms with Crippen LogP contribution in [0.1, 0.15) is 56.9 Å². The van der Waals surface area contributed by atoms with Crippen molar-refractivity contribution in [1.29, 1.82) is 0 Å². The number of fused-ring (bicyclic) bond motifs is 1. The van der Waals surface area contributed by atoms with Gasteiger partial charge in [0.15, 0.2) is 0 Å². The summed E-state index contributed by atoms with van der Waals surface area (Å²) in [5, 5.41) is 1.42. The first-order valence-corrected chi connectivity index (χ1v) is 7.98. The molecule has 102 valence electrons. The summed E-state index contributed by atoms with van der Waals surface area (Å²) in [5.41, 5.74) is 2.78. The predicted molar refractivity (Wildman–Crippen MR) is 82.4 cm³/mol. The number of hydrogen-bond acceptors (Lipinski definition) is 0. The molecule has 1 aromatic heterocycles. The smallest absolute Gasteiger partial charge is 0.0456 e. The van der Waals surface area contributed by atoms with E-state index in [-0.39, 0.29) is 0 Å². The number of benzene rings is 1.